The number of hydrogen-bond donors (Lipinski definition) is 1. The first-order valence-corrected chi connectivity index (χ1v) is 10.3. The van der Waals surface area contributed by atoms with Gasteiger partial charge in [-0.15, -0.1) is 11.3 Å². The number of esters is 1. The molecule has 0 spiro atoms. The SMILES string of the molecule is CCOC(=O)c1nn(-c2ccc(Cl)cc2)c(=O)c2c(NC(=O)CC(C)C)scc12. The molecule has 0 saturated carbocycles. The lowest BCUT2D eigenvalue weighted by Crippen LogP contribution is -2.25. The molecule has 29 heavy (non-hydrogen) atoms. The Morgan fingerprint density at radius 2 is 1.97 bits per heavy atom. The molecule has 1 aromatic carbocycles. The first-order valence-electron chi connectivity index (χ1n) is 9.09. The van der Waals surface area contributed by atoms with Crippen molar-refractivity contribution in [1.82, 2.24) is 9.78 Å². The van der Waals surface area contributed by atoms with Crippen LogP contribution in [0.2, 0.25) is 5.02 Å². The maximum atomic E-state index is 13.2. The number of hydrogen-bond acceptors (Lipinski definition) is 6. The second-order valence-corrected chi connectivity index (χ2v) is 8.08. The number of thiophene rings is 1. The van der Waals surface area contributed by atoms with Crippen LogP contribution in [0.25, 0.3) is 16.5 Å². The topological polar surface area (TPSA) is 90.3 Å². The van der Waals surface area contributed by atoms with E-state index >= 15 is 0 Å². The van der Waals surface area contributed by atoms with Crippen molar-refractivity contribution in [3.8, 4) is 5.69 Å². The molecule has 3 rings (SSSR count). The Labute approximate surface area is 176 Å². The van der Waals surface area contributed by atoms with Crippen molar-refractivity contribution in [3.63, 3.8) is 0 Å². The number of halogens is 1. The molecule has 152 valence electrons. The monoisotopic (exact) mass is 433 g/mol. The van der Waals surface area contributed by atoms with E-state index in [1.807, 2.05) is 13.8 Å². The number of carbonyl (C=O) groups is 2. The molecule has 0 aliphatic rings. The highest BCUT2D eigenvalue weighted by Crippen LogP contribution is 2.31. The Morgan fingerprint density at radius 3 is 2.59 bits per heavy atom. The first kappa shape index (κ1) is 21.0. The molecule has 0 aliphatic carbocycles. The Morgan fingerprint density at radius 1 is 1.28 bits per heavy atom. The van der Waals surface area contributed by atoms with Crippen molar-refractivity contribution in [3.05, 3.63) is 50.7 Å². The van der Waals surface area contributed by atoms with Gasteiger partial charge in [0.15, 0.2) is 5.69 Å². The van der Waals surface area contributed by atoms with Crippen LogP contribution in [0.4, 0.5) is 5.00 Å². The summed E-state index contributed by atoms with van der Waals surface area (Å²) < 4.78 is 6.23. The van der Waals surface area contributed by atoms with Crippen LogP contribution in [0, 0.1) is 5.92 Å². The zero-order valence-electron chi connectivity index (χ0n) is 16.2. The molecule has 3 aromatic rings. The molecule has 0 radical (unpaired) electrons. The predicted octanol–water partition coefficient (Wildman–Crippen LogP) is 4.26. The molecule has 0 fully saturated rings. The highest BCUT2D eigenvalue weighted by atomic mass is 35.5. The van der Waals surface area contributed by atoms with Gasteiger partial charge in [-0.05, 0) is 37.1 Å². The second-order valence-electron chi connectivity index (χ2n) is 6.76. The third kappa shape index (κ3) is 4.49. The number of benzene rings is 1. The molecule has 2 heterocycles. The van der Waals surface area contributed by atoms with E-state index in [4.69, 9.17) is 16.3 Å². The zero-order chi connectivity index (χ0) is 21.1. The first-order chi connectivity index (χ1) is 13.8. The summed E-state index contributed by atoms with van der Waals surface area (Å²) in [5.74, 6) is -0.669. The van der Waals surface area contributed by atoms with Crippen molar-refractivity contribution >= 4 is 50.6 Å². The lowest BCUT2D eigenvalue weighted by Gasteiger charge is -2.10. The van der Waals surface area contributed by atoms with Crippen LogP contribution in [0.15, 0.2) is 34.4 Å². The summed E-state index contributed by atoms with van der Waals surface area (Å²) in [5, 5.41) is 10.1. The molecule has 0 aliphatic heterocycles. The molecule has 1 amide bonds. The predicted molar refractivity (Wildman–Crippen MR) is 114 cm³/mol. The molecule has 1 N–H and O–H groups in total. The lowest BCUT2D eigenvalue weighted by atomic mass is 10.1. The van der Waals surface area contributed by atoms with Crippen LogP contribution >= 0.6 is 22.9 Å². The summed E-state index contributed by atoms with van der Waals surface area (Å²) >= 11 is 7.11. The maximum Gasteiger partial charge on any atom is 0.359 e. The Bertz CT molecular complexity index is 1120. The van der Waals surface area contributed by atoms with Gasteiger partial charge >= 0.3 is 5.97 Å². The Balaban J connectivity index is 2.21. The Hall–Kier alpha value is -2.71. The standard InChI is InChI=1S/C20H20ClN3O4S/c1-4-28-20(27)17-14-10-29-18(22-15(25)9-11(2)3)16(14)19(26)24(23-17)13-7-5-12(21)6-8-13/h5-8,10-11H,4,9H2,1-3H3,(H,22,25). The summed E-state index contributed by atoms with van der Waals surface area (Å²) in [6.45, 7) is 5.73. The maximum absolute atomic E-state index is 13.2. The summed E-state index contributed by atoms with van der Waals surface area (Å²) in [6, 6.07) is 6.50. The van der Waals surface area contributed by atoms with Gasteiger partial charge in [-0.2, -0.15) is 9.78 Å². The van der Waals surface area contributed by atoms with Crippen molar-refractivity contribution in [1.29, 1.82) is 0 Å². The molecule has 0 saturated heterocycles. The highest BCUT2D eigenvalue weighted by molar-refractivity contribution is 7.16. The number of carbonyl (C=O) groups excluding carboxylic acids is 2. The van der Waals surface area contributed by atoms with E-state index in [0.29, 0.717) is 27.5 Å². The van der Waals surface area contributed by atoms with E-state index < -0.39 is 11.5 Å². The van der Waals surface area contributed by atoms with Crippen molar-refractivity contribution in [2.24, 2.45) is 5.92 Å². The fraction of sp³-hybridized carbons (Fsp3) is 0.300. The molecule has 9 heteroatoms. The van der Waals surface area contributed by atoms with Gasteiger partial charge in [-0.25, -0.2) is 4.79 Å². The minimum atomic E-state index is -0.641. The second kappa shape index (κ2) is 8.75. The largest absolute Gasteiger partial charge is 0.461 e. The van der Waals surface area contributed by atoms with Gasteiger partial charge in [0.2, 0.25) is 5.91 Å². The third-order valence-corrected chi connectivity index (χ3v) is 5.19. The van der Waals surface area contributed by atoms with Gasteiger partial charge < -0.3 is 10.1 Å². The number of rotatable bonds is 6. The van der Waals surface area contributed by atoms with Crippen molar-refractivity contribution in [2.75, 3.05) is 11.9 Å². The highest BCUT2D eigenvalue weighted by Gasteiger charge is 2.23. The van der Waals surface area contributed by atoms with Gasteiger partial charge in [0.1, 0.15) is 5.00 Å². The van der Waals surface area contributed by atoms with E-state index in [2.05, 4.69) is 10.4 Å². The number of nitrogens with one attached hydrogen (secondary N) is 1. The lowest BCUT2D eigenvalue weighted by molar-refractivity contribution is -0.116. The van der Waals surface area contributed by atoms with E-state index in [0.717, 1.165) is 4.68 Å². The molecule has 0 bridgehead atoms. The molecular weight excluding hydrogens is 414 g/mol. The third-order valence-electron chi connectivity index (χ3n) is 4.04. The Kier molecular flexibility index (Phi) is 6.34. The minimum Gasteiger partial charge on any atom is -0.461 e. The van der Waals surface area contributed by atoms with E-state index in [9.17, 15) is 14.4 Å². The van der Waals surface area contributed by atoms with Crippen LogP contribution < -0.4 is 10.9 Å². The number of nitrogens with zero attached hydrogens (tertiary/aromatic N) is 2. The average Bonchev–Trinajstić information content (AvgIpc) is 3.06. The zero-order valence-corrected chi connectivity index (χ0v) is 17.8. The number of anilines is 1. The van der Waals surface area contributed by atoms with Crippen LogP contribution in [0.3, 0.4) is 0 Å². The molecule has 7 nitrogen and oxygen atoms in total. The van der Waals surface area contributed by atoms with Crippen LogP contribution in [0.1, 0.15) is 37.7 Å². The van der Waals surface area contributed by atoms with Crippen LogP contribution in [-0.2, 0) is 9.53 Å². The van der Waals surface area contributed by atoms with Gasteiger partial charge in [0.25, 0.3) is 5.56 Å². The molecular formula is C20H20ClN3O4S. The van der Waals surface area contributed by atoms with Gasteiger partial charge in [0, 0.05) is 22.2 Å². The number of amides is 1. The van der Waals surface area contributed by atoms with Crippen LogP contribution in [-0.4, -0.2) is 28.3 Å². The quantitative estimate of drug-likeness (QED) is 0.586. The van der Waals surface area contributed by atoms with Gasteiger partial charge in [-0.3, -0.25) is 9.59 Å². The van der Waals surface area contributed by atoms with E-state index in [1.165, 1.54) is 11.3 Å². The van der Waals surface area contributed by atoms with Gasteiger partial charge in [-0.1, -0.05) is 25.4 Å². The summed E-state index contributed by atoms with van der Waals surface area (Å²) in [6.07, 6.45) is 0.320. The molecule has 2 aromatic heterocycles. The summed E-state index contributed by atoms with van der Waals surface area (Å²) in [4.78, 5) is 37.9. The van der Waals surface area contributed by atoms with E-state index in [1.54, 1.807) is 36.6 Å². The molecule has 0 atom stereocenters. The normalized spacial score (nSPS) is 11.1. The van der Waals surface area contributed by atoms with Gasteiger partial charge in [0.05, 0.1) is 17.7 Å². The van der Waals surface area contributed by atoms with Crippen molar-refractivity contribution in [2.45, 2.75) is 27.2 Å². The fourth-order valence-corrected chi connectivity index (χ4v) is 3.88. The van der Waals surface area contributed by atoms with E-state index in [-0.39, 0.29) is 29.5 Å². The van der Waals surface area contributed by atoms with Crippen LogP contribution in [0.5, 0.6) is 0 Å². The average molecular weight is 434 g/mol. The summed E-state index contributed by atoms with van der Waals surface area (Å²) in [5.41, 5.74) is 0.00554. The summed E-state index contributed by atoms with van der Waals surface area (Å²) in [7, 11) is 0. The van der Waals surface area contributed by atoms with Crippen molar-refractivity contribution < 1.29 is 14.3 Å². The fourth-order valence-electron chi connectivity index (χ4n) is 2.80. The smallest absolute Gasteiger partial charge is 0.359 e. The number of ether oxygens (including phenoxy) is 1. The number of fused-ring (bicyclic) bond motifs is 1. The minimum absolute atomic E-state index is 0.0111. The molecule has 0 unspecified atom stereocenters. The number of aromatic nitrogens is 2.